The maximum atomic E-state index is 13.8. The summed E-state index contributed by atoms with van der Waals surface area (Å²) >= 11 is 0. The second-order valence-corrected chi connectivity index (χ2v) is 7.98. The topological polar surface area (TPSA) is 88.9 Å². The molecule has 1 fully saturated rings. The summed E-state index contributed by atoms with van der Waals surface area (Å²) < 4.78 is 28.9. The van der Waals surface area contributed by atoms with E-state index in [-0.39, 0.29) is 11.6 Å². The van der Waals surface area contributed by atoms with Crippen LogP contribution in [0.2, 0.25) is 0 Å². The van der Waals surface area contributed by atoms with Crippen LogP contribution in [0.25, 0.3) is 11.0 Å². The van der Waals surface area contributed by atoms with Crippen LogP contribution in [0.3, 0.4) is 0 Å². The van der Waals surface area contributed by atoms with Crippen molar-refractivity contribution in [1.29, 1.82) is 0 Å². The monoisotopic (exact) mass is 427 g/mol. The number of rotatable bonds is 6. The fourth-order valence-corrected chi connectivity index (χ4v) is 3.54. The maximum Gasteiger partial charge on any atom is 0.253 e. The van der Waals surface area contributed by atoms with E-state index < -0.39 is 29.5 Å². The van der Waals surface area contributed by atoms with E-state index in [1.807, 2.05) is 13.8 Å². The van der Waals surface area contributed by atoms with Gasteiger partial charge in [-0.1, -0.05) is 6.07 Å². The SMILES string of the molecule is CNC(=O)C(NC(=O)c1cc(C2CC2)nc2c1cnn2C(C)C)c1ccc(F)c(F)c1. The molecule has 7 nitrogen and oxygen atoms in total. The van der Waals surface area contributed by atoms with E-state index in [1.165, 1.54) is 13.1 Å². The highest BCUT2D eigenvalue weighted by Gasteiger charge is 2.30. The molecule has 9 heteroatoms. The number of carbonyl (C=O) groups excluding carboxylic acids is 2. The van der Waals surface area contributed by atoms with Gasteiger partial charge in [-0.3, -0.25) is 9.59 Å². The Labute approximate surface area is 177 Å². The lowest BCUT2D eigenvalue weighted by atomic mass is 10.0. The predicted molar refractivity (Wildman–Crippen MR) is 111 cm³/mol. The molecule has 0 spiro atoms. The van der Waals surface area contributed by atoms with E-state index >= 15 is 0 Å². The number of halogens is 2. The highest BCUT2D eigenvalue weighted by Crippen LogP contribution is 2.40. The maximum absolute atomic E-state index is 13.8. The van der Waals surface area contributed by atoms with Crippen LogP contribution in [-0.2, 0) is 4.79 Å². The van der Waals surface area contributed by atoms with Crippen LogP contribution >= 0.6 is 0 Å². The van der Waals surface area contributed by atoms with E-state index in [2.05, 4.69) is 15.7 Å². The van der Waals surface area contributed by atoms with Crippen LogP contribution in [0.4, 0.5) is 8.78 Å². The molecule has 1 aliphatic rings. The summed E-state index contributed by atoms with van der Waals surface area (Å²) in [6.45, 7) is 3.95. The minimum atomic E-state index is -1.19. The van der Waals surface area contributed by atoms with Crippen molar-refractivity contribution in [2.45, 2.75) is 44.7 Å². The second kappa shape index (κ2) is 8.05. The highest BCUT2D eigenvalue weighted by molar-refractivity contribution is 6.07. The molecule has 0 radical (unpaired) electrons. The van der Waals surface area contributed by atoms with Gasteiger partial charge in [-0.2, -0.15) is 5.10 Å². The molecule has 1 atom stereocenters. The Balaban J connectivity index is 1.75. The number of nitrogens with one attached hydrogen (secondary N) is 2. The van der Waals surface area contributed by atoms with E-state index in [1.54, 1.807) is 16.9 Å². The van der Waals surface area contributed by atoms with Crippen LogP contribution in [0.15, 0.2) is 30.5 Å². The summed E-state index contributed by atoms with van der Waals surface area (Å²) in [5.41, 5.74) is 1.89. The molecule has 0 bridgehead atoms. The first-order valence-electron chi connectivity index (χ1n) is 10.2. The van der Waals surface area contributed by atoms with Crippen LogP contribution in [0, 0.1) is 11.6 Å². The molecular weight excluding hydrogens is 404 g/mol. The van der Waals surface area contributed by atoms with E-state index in [0.29, 0.717) is 22.5 Å². The van der Waals surface area contributed by atoms with Gasteiger partial charge in [0.15, 0.2) is 17.3 Å². The lowest BCUT2D eigenvalue weighted by Crippen LogP contribution is -2.39. The summed E-state index contributed by atoms with van der Waals surface area (Å²) in [6, 6.07) is 3.69. The Morgan fingerprint density at radius 3 is 2.52 bits per heavy atom. The Bertz CT molecular complexity index is 1170. The van der Waals surface area contributed by atoms with Gasteiger partial charge in [0.1, 0.15) is 6.04 Å². The van der Waals surface area contributed by atoms with Crippen molar-refractivity contribution in [2.24, 2.45) is 0 Å². The van der Waals surface area contributed by atoms with Crippen molar-refractivity contribution in [2.75, 3.05) is 7.05 Å². The zero-order valence-electron chi connectivity index (χ0n) is 17.4. The Hall–Kier alpha value is -3.36. The zero-order chi connectivity index (χ0) is 22.3. The second-order valence-electron chi connectivity index (χ2n) is 7.98. The molecule has 162 valence electrons. The van der Waals surface area contributed by atoms with E-state index in [0.717, 1.165) is 30.7 Å². The fourth-order valence-electron chi connectivity index (χ4n) is 3.54. The van der Waals surface area contributed by atoms with E-state index in [9.17, 15) is 18.4 Å². The molecule has 3 aromatic rings. The van der Waals surface area contributed by atoms with Gasteiger partial charge in [-0.15, -0.1) is 0 Å². The number of hydrogen-bond donors (Lipinski definition) is 2. The van der Waals surface area contributed by atoms with Crippen LogP contribution in [0.1, 0.15) is 66.3 Å². The van der Waals surface area contributed by atoms with Crippen molar-refractivity contribution >= 4 is 22.8 Å². The number of carbonyl (C=O) groups is 2. The van der Waals surface area contributed by atoms with Crippen molar-refractivity contribution in [3.05, 3.63) is 58.9 Å². The van der Waals surface area contributed by atoms with Gasteiger partial charge in [0, 0.05) is 24.7 Å². The van der Waals surface area contributed by atoms with Gasteiger partial charge in [-0.05, 0) is 50.5 Å². The minimum absolute atomic E-state index is 0.0520. The molecule has 2 N–H and O–H groups in total. The average Bonchev–Trinajstić information content (AvgIpc) is 3.51. The van der Waals surface area contributed by atoms with Crippen molar-refractivity contribution in [3.63, 3.8) is 0 Å². The number of pyridine rings is 1. The summed E-state index contributed by atoms with van der Waals surface area (Å²) in [7, 11) is 1.41. The van der Waals surface area contributed by atoms with Gasteiger partial charge in [-0.25, -0.2) is 18.4 Å². The average molecular weight is 427 g/mol. The smallest absolute Gasteiger partial charge is 0.253 e. The first-order chi connectivity index (χ1) is 14.8. The molecule has 2 amide bonds. The molecule has 4 rings (SSSR count). The largest absolute Gasteiger partial charge is 0.357 e. The van der Waals surface area contributed by atoms with Crippen molar-refractivity contribution in [3.8, 4) is 0 Å². The Kier molecular flexibility index (Phi) is 5.43. The Morgan fingerprint density at radius 2 is 1.90 bits per heavy atom. The Morgan fingerprint density at radius 1 is 1.16 bits per heavy atom. The molecule has 1 unspecified atom stereocenters. The van der Waals surface area contributed by atoms with Crippen LogP contribution in [0.5, 0.6) is 0 Å². The third-order valence-corrected chi connectivity index (χ3v) is 5.38. The highest BCUT2D eigenvalue weighted by atomic mass is 19.2. The predicted octanol–water partition coefficient (Wildman–Crippen LogP) is 3.38. The number of benzene rings is 1. The number of aromatic nitrogens is 3. The van der Waals surface area contributed by atoms with Gasteiger partial charge in [0.05, 0.1) is 17.1 Å². The molecule has 1 aromatic carbocycles. The van der Waals surface area contributed by atoms with Gasteiger partial charge < -0.3 is 10.6 Å². The van der Waals surface area contributed by atoms with Crippen molar-refractivity contribution < 1.29 is 18.4 Å². The number of fused-ring (bicyclic) bond motifs is 1. The summed E-state index contributed by atoms with van der Waals surface area (Å²) in [6.07, 6.45) is 3.59. The molecule has 2 heterocycles. The molecule has 31 heavy (non-hydrogen) atoms. The van der Waals surface area contributed by atoms with E-state index in [4.69, 9.17) is 4.98 Å². The quantitative estimate of drug-likeness (QED) is 0.631. The number of amides is 2. The first kappa shape index (κ1) is 20.9. The molecule has 0 aliphatic heterocycles. The summed E-state index contributed by atoms with van der Waals surface area (Å²) in [4.78, 5) is 30.4. The molecule has 2 aromatic heterocycles. The van der Waals surface area contributed by atoms with Gasteiger partial charge in [0.25, 0.3) is 5.91 Å². The standard InChI is InChI=1S/C22H23F2N5O2/c1-11(2)29-20-15(10-26-29)14(9-18(27-20)12-4-5-12)21(30)28-19(22(31)25-3)13-6-7-16(23)17(24)8-13/h6-12,19H,4-5H2,1-3H3,(H,25,31)(H,28,30). The molecule has 1 aliphatic carbocycles. The van der Waals surface area contributed by atoms with Gasteiger partial charge in [0.2, 0.25) is 5.91 Å². The van der Waals surface area contributed by atoms with Crippen LogP contribution < -0.4 is 10.6 Å². The zero-order valence-corrected chi connectivity index (χ0v) is 17.4. The van der Waals surface area contributed by atoms with Crippen molar-refractivity contribution in [1.82, 2.24) is 25.4 Å². The number of hydrogen-bond acceptors (Lipinski definition) is 4. The molecule has 0 saturated heterocycles. The molecular formula is C22H23F2N5O2. The third-order valence-electron chi connectivity index (χ3n) is 5.38. The summed E-state index contributed by atoms with van der Waals surface area (Å²) in [5, 5.41) is 10.0. The normalized spacial score (nSPS) is 14.6. The van der Waals surface area contributed by atoms with Crippen LogP contribution in [-0.4, -0.2) is 33.6 Å². The lowest BCUT2D eigenvalue weighted by Gasteiger charge is -2.18. The minimum Gasteiger partial charge on any atom is -0.357 e. The fraction of sp³-hybridized carbons (Fsp3) is 0.364. The summed E-state index contributed by atoms with van der Waals surface area (Å²) in [5.74, 6) is -2.90. The molecule has 1 saturated carbocycles. The van der Waals surface area contributed by atoms with Gasteiger partial charge >= 0.3 is 0 Å². The first-order valence-corrected chi connectivity index (χ1v) is 10.2. The third kappa shape index (κ3) is 3.99. The number of nitrogens with zero attached hydrogens (tertiary/aromatic N) is 3. The number of likely N-dealkylation sites (N-methyl/N-ethyl adjacent to an activating group) is 1. The lowest BCUT2D eigenvalue weighted by molar-refractivity contribution is -0.122.